The van der Waals surface area contributed by atoms with Crippen molar-refractivity contribution in [3.05, 3.63) is 35.9 Å². The summed E-state index contributed by atoms with van der Waals surface area (Å²) in [5.41, 5.74) is 0.512. The molecule has 1 amide bonds. The summed E-state index contributed by atoms with van der Waals surface area (Å²) in [7, 11) is 0. The van der Waals surface area contributed by atoms with Crippen LogP contribution in [0.4, 0.5) is 0 Å². The molecule has 0 fully saturated rings. The molecule has 0 bridgehead atoms. The molecule has 0 aliphatic rings. The molecule has 11 heavy (non-hydrogen) atoms. The first-order chi connectivity index (χ1) is 5.22. The quantitative estimate of drug-likeness (QED) is 0.620. The molecule has 0 saturated carbocycles. The number of benzene rings is 1. The van der Waals surface area contributed by atoms with Crippen LogP contribution in [0.1, 0.15) is 10.4 Å². The summed E-state index contributed by atoms with van der Waals surface area (Å²) >= 11 is 0.522. The van der Waals surface area contributed by atoms with Crippen LogP contribution in [0.5, 0.6) is 0 Å². The van der Waals surface area contributed by atoms with Crippen molar-refractivity contribution in [1.29, 1.82) is 0 Å². The Balaban J connectivity index is 2.86. The first-order valence-electron chi connectivity index (χ1n) is 2.99. The number of amides is 1. The summed E-state index contributed by atoms with van der Waals surface area (Å²) in [5, 5.41) is 8.81. The molecule has 1 rings (SSSR count). The van der Waals surface area contributed by atoms with Gasteiger partial charge in [-0.3, -0.25) is 0 Å². The Labute approximate surface area is 76.8 Å². The topological polar surface area (TPSA) is 40.5 Å². The van der Waals surface area contributed by atoms with Crippen molar-refractivity contribution in [2.45, 2.75) is 0 Å². The Morgan fingerprint density at radius 3 is 2.36 bits per heavy atom. The van der Waals surface area contributed by atoms with Gasteiger partial charge in [0.2, 0.25) is 0 Å². The molecule has 1 N–H and O–H groups in total. The number of nitrogens with zero attached hydrogens (tertiary/aromatic N) is 1. The van der Waals surface area contributed by atoms with Gasteiger partial charge < -0.3 is 0 Å². The summed E-state index contributed by atoms with van der Waals surface area (Å²) in [4.78, 5) is 11.0. The Morgan fingerprint density at radius 1 is 1.36 bits per heavy atom. The van der Waals surface area contributed by atoms with E-state index in [-0.39, 0.29) is 5.91 Å². The van der Waals surface area contributed by atoms with Crippen LogP contribution in [0.2, 0.25) is 0 Å². The van der Waals surface area contributed by atoms with E-state index in [1.54, 1.807) is 24.3 Å². The van der Waals surface area contributed by atoms with Crippen LogP contribution in [0.3, 0.4) is 0 Å². The molecule has 1 aromatic rings. The van der Waals surface area contributed by atoms with Gasteiger partial charge in [-0.25, -0.2) is 0 Å². The van der Waals surface area contributed by atoms with E-state index < -0.39 is 0 Å². The first-order valence-corrected chi connectivity index (χ1v) is 4.43. The third-order valence-electron chi connectivity index (χ3n) is 1.20. The SMILES string of the molecule is O=C(c1ccccc1)[N](O)[Ta]. The number of hydroxylamine groups is 1. The fourth-order valence-electron chi connectivity index (χ4n) is 0.696. The maximum absolute atomic E-state index is 11.0. The molecule has 1 aromatic carbocycles. The Bertz CT molecular complexity index is 248. The van der Waals surface area contributed by atoms with Gasteiger partial charge in [-0.05, 0) is 0 Å². The zero-order chi connectivity index (χ0) is 8.27. The van der Waals surface area contributed by atoms with Crippen molar-refractivity contribution in [2.75, 3.05) is 0 Å². The fraction of sp³-hybridized carbons (Fsp3) is 0. The van der Waals surface area contributed by atoms with Crippen molar-refractivity contribution in [2.24, 2.45) is 0 Å². The van der Waals surface area contributed by atoms with Gasteiger partial charge in [-0.2, -0.15) is 0 Å². The summed E-state index contributed by atoms with van der Waals surface area (Å²) < 4.78 is 0.676. The Hall–Kier alpha value is -0.610. The molecule has 0 aliphatic heterocycles. The summed E-state index contributed by atoms with van der Waals surface area (Å²) in [6.45, 7) is 0. The molecule has 0 spiro atoms. The predicted molar refractivity (Wildman–Crippen MR) is 34.4 cm³/mol. The molecule has 0 heterocycles. The van der Waals surface area contributed by atoms with Gasteiger partial charge in [-0.1, -0.05) is 0 Å². The van der Waals surface area contributed by atoms with Gasteiger partial charge in [-0.15, -0.1) is 0 Å². The van der Waals surface area contributed by atoms with Gasteiger partial charge in [0.05, 0.1) is 0 Å². The van der Waals surface area contributed by atoms with Crippen molar-refractivity contribution < 1.29 is 31.3 Å². The molecule has 0 atom stereocenters. The van der Waals surface area contributed by atoms with Crippen molar-refractivity contribution in [3.63, 3.8) is 0 Å². The standard InChI is InChI=1S/C7H7NO2.Ta/c9-7(8-10)6-4-2-1-3-5-6;/h1-5H,(H2,8,9,10);/q;+1/p-1. The third kappa shape index (κ3) is 2.17. The second-order valence-corrected chi connectivity index (χ2v) is 3.32. The molecule has 0 aliphatic carbocycles. The average Bonchev–Trinajstić information content (AvgIpc) is 2.05. The number of hydrogen-bond acceptors (Lipinski definition) is 2. The van der Waals surface area contributed by atoms with Gasteiger partial charge in [0, 0.05) is 0 Å². The number of carbonyl (C=O) groups is 1. The average molecular weight is 317 g/mol. The van der Waals surface area contributed by atoms with E-state index in [0.29, 0.717) is 30.4 Å². The van der Waals surface area contributed by atoms with Crippen LogP contribution in [0, 0.1) is 0 Å². The van der Waals surface area contributed by atoms with Crippen LogP contribution in [-0.2, 0) is 21.3 Å². The Kier molecular flexibility index (Phi) is 2.84. The predicted octanol–water partition coefficient (Wildman–Crippen LogP) is 0.980. The van der Waals surface area contributed by atoms with E-state index in [0.717, 1.165) is 0 Å². The van der Waals surface area contributed by atoms with Gasteiger partial charge in [0.1, 0.15) is 0 Å². The monoisotopic (exact) mass is 317 g/mol. The van der Waals surface area contributed by atoms with E-state index in [1.165, 1.54) is 0 Å². The summed E-state index contributed by atoms with van der Waals surface area (Å²) in [6, 6.07) is 8.67. The van der Waals surface area contributed by atoms with Crippen LogP contribution in [-0.4, -0.2) is 14.6 Å². The molecular formula is C7H6NO2Ta. The van der Waals surface area contributed by atoms with Crippen LogP contribution < -0.4 is 0 Å². The molecule has 0 saturated heterocycles. The van der Waals surface area contributed by atoms with Gasteiger partial charge in [0.15, 0.2) is 0 Å². The molecular weight excluding hydrogens is 311 g/mol. The zero-order valence-electron chi connectivity index (χ0n) is 5.64. The minimum atomic E-state index is -0.348. The Morgan fingerprint density at radius 2 is 1.91 bits per heavy atom. The number of carbonyl (C=O) groups excluding carboxylic acids is 1. The first kappa shape index (κ1) is 8.49. The van der Waals surface area contributed by atoms with Crippen molar-refractivity contribution >= 4 is 5.91 Å². The number of hydrogen-bond donors (Lipinski definition) is 1. The van der Waals surface area contributed by atoms with E-state index in [9.17, 15) is 4.79 Å². The fourth-order valence-corrected chi connectivity index (χ4v) is 1.11. The second-order valence-electron chi connectivity index (χ2n) is 1.96. The second kappa shape index (κ2) is 3.69. The van der Waals surface area contributed by atoms with Crippen molar-refractivity contribution in [1.82, 2.24) is 3.47 Å². The minimum absolute atomic E-state index is 0.348. The molecule has 3 nitrogen and oxygen atoms in total. The van der Waals surface area contributed by atoms with E-state index in [2.05, 4.69) is 0 Å². The third-order valence-corrected chi connectivity index (χ3v) is 1.85. The zero-order valence-corrected chi connectivity index (χ0v) is 8.85. The maximum atomic E-state index is 11.0. The molecule has 4 heteroatoms. The summed E-state index contributed by atoms with van der Waals surface area (Å²) in [5.74, 6) is -0.348. The van der Waals surface area contributed by atoms with Crippen molar-refractivity contribution in [3.8, 4) is 0 Å². The number of rotatable bonds is 1. The van der Waals surface area contributed by atoms with E-state index >= 15 is 0 Å². The van der Waals surface area contributed by atoms with E-state index in [1.807, 2.05) is 6.07 Å². The summed E-state index contributed by atoms with van der Waals surface area (Å²) in [6.07, 6.45) is 0. The van der Waals surface area contributed by atoms with Gasteiger partial charge in [0.25, 0.3) is 0 Å². The van der Waals surface area contributed by atoms with Crippen LogP contribution >= 0.6 is 0 Å². The molecule has 0 unspecified atom stereocenters. The van der Waals surface area contributed by atoms with Gasteiger partial charge >= 0.3 is 76.6 Å². The van der Waals surface area contributed by atoms with Crippen LogP contribution in [0.15, 0.2) is 30.3 Å². The normalized spacial score (nSPS) is 9.18. The van der Waals surface area contributed by atoms with E-state index in [4.69, 9.17) is 5.21 Å². The molecule has 0 aromatic heterocycles. The molecule has 0 radical (unpaired) electrons. The molecule has 56 valence electrons. The van der Waals surface area contributed by atoms with Crippen LogP contribution in [0.25, 0.3) is 0 Å².